The van der Waals surface area contributed by atoms with Gasteiger partial charge in [0.05, 0.1) is 10.4 Å². The van der Waals surface area contributed by atoms with E-state index in [-0.39, 0.29) is 5.91 Å². The molecule has 1 aromatic carbocycles. The predicted molar refractivity (Wildman–Crippen MR) is 77.7 cm³/mol. The number of benzene rings is 1. The molecule has 0 aromatic heterocycles. The van der Waals surface area contributed by atoms with Gasteiger partial charge in [0.1, 0.15) is 0 Å². The van der Waals surface area contributed by atoms with Gasteiger partial charge in [0, 0.05) is 12.2 Å². The van der Waals surface area contributed by atoms with Crippen molar-refractivity contribution in [1.29, 1.82) is 0 Å². The molecule has 1 aliphatic rings. The van der Waals surface area contributed by atoms with Crippen molar-refractivity contribution in [3.05, 3.63) is 29.8 Å². The molecule has 1 amide bonds. The number of rotatable bonds is 4. The maximum absolute atomic E-state index is 12.6. The Kier molecular flexibility index (Phi) is 3.39. The van der Waals surface area contributed by atoms with E-state index in [4.69, 9.17) is 18.0 Å². The third-order valence-corrected chi connectivity index (χ3v) is 3.99. The van der Waals surface area contributed by atoms with Crippen molar-refractivity contribution in [2.24, 2.45) is 11.1 Å². The number of anilines is 1. The van der Waals surface area contributed by atoms with Crippen molar-refractivity contribution in [2.75, 3.05) is 11.4 Å². The molecule has 1 saturated carbocycles. The smallest absolute Gasteiger partial charge is 0.240 e. The molecular weight excluding hydrogens is 244 g/mol. The normalized spacial score (nSPS) is 16.1. The average molecular weight is 262 g/mol. The van der Waals surface area contributed by atoms with Gasteiger partial charge in [-0.3, -0.25) is 4.79 Å². The first-order chi connectivity index (χ1) is 8.53. The molecule has 0 spiro atoms. The Morgan fingerprint density at radius 3 is 2.50 bits per heavy atom. The van der Waals surface area contributed by atoms with Gasteiger partial charge in [-0.15, -0.1) is 0 Å². The Bertz CT molecular complexity index is 494. The highest BCUT2D eigenvalue weighted by atomic mass is 32.1. The molecule has 18 heavy (non-hydrogen) atoms. The minimum Gasteiger partial charge on any atom is -0.392 e. The Balaban J connectivity index is 2.33. The fourth-order valence-corrected chi connectivity index (χ4v) is 2.53. The molecule has 4 heteroatoms. The summed E-state index contributed by atoms with van der Waals surface area (Å²) in [5.41, 5.74) is 7.19. The van der Waals surface area contributed by atoms with E-state index in [0.717, 1.165) is 24.1 Å². The van der Waals surface area contributed by atoms with E-state index in [1.54, 1.807) is 4.90 Å². The summed E-state index contributed by atoms with van der Waals surface area (Å²) in [5, 5.41) is 0. The number of thiocarbonyl (C=S) groups is 1. The zero-order chi connectivity index (χ0) is 13.3. The van der Waals surface area contributed by atoms with E-state index >= 15 is 0 Å². The first-order valence-corrected chi connectivity index (χ1v) is 6.61. The highest BCUT2D eigenvalue weighted by Crippen LogP contribution is 2.48. The summed E-state index contributed by atoms with van der Waals surface area (Å²) in [6.45, 7) is 4.61. The zero-order valence-electron chi connectivity index (χ0n) is 10.8. The van der Waals surface area contributed by atoms with Crippen LogP contribution >= 0.6 is 12.2 Å². The molecule has 1 aliphatic carbocycles. The van der Waals surface area contributed by atoms with Crippen molar-refractivity contribution in [3.63, 3.8) is 0 Å². The van der Waals surface area contributed by atoms with Crippen LogP contribution in [0.2, 0.25) is 0 Å². The van der Waals surface area contributed by atoms with Gasteiger partial charge < -0.3 is 10.6 Å². The summed E-state index contributed by atoms with van der Waals surface area (Å²) in [5.74, 6) is 0.0480. The van der Waals surface area contributed by atoms with Gasteiger partial charge in [0.2, 0.25) is 5.91 Å². The Hall–Kier alpha value is -1.42. The number of aryl methyl sites for hydroxylation is 1. The number of carbonyl (C=O) groups excluding carboxylic acids is 1. The molecule has 0 saturated heterocycles. The summed E-state index contributed by atoms with van der Waals surface area (Å²) < 4.78 is 0. The standard InChI is InChI=1S/C14H18N2OS/c1-3-16(11-7-5-4-6-10(11)2)13(17)14(8-9-14)12(15)18/h4-7H,3,8-9H2,1-2H3,(H2,15,18). The monoisotopic (exact) mass is 262 g/mol. The number of para-hydroxylation sites is 1. The van der Waals surface area contributed by atoms with Crippen molar-refractivity contribution < 1.29 is 4.79 Å². The molecule has 0 heterocycles. The first-order valence-electron chi connectivity index (χ1n) is 6.20. The van der Waals surface area contributed by atoms with Crippen LogP contribution in [0.25, 0.3) is 0 Å². The minimum absolute atomic E-state index is 0.0480. The van der Waals surface area contributed by atoms with Crippen LogP contribution in [0, 0.1) is 12.3 Å². The second-order valence-corrected chi connectivity index (χ2v) is 5.22. The highest BCUT2D eigenvalue weighted by Gasteiger charge is 2.54. The highest BCUT2D eigenvalue weighted by molar-refractivity contribution is 7.80. The Morgan fingerprint density at radius 1 is 1.44 bits per heavy atom. The lowest BCUT2D eigenvalue weighted by Gasteiger charge is -2.27. The molecule has 1 fully saturated rings. The van der Waals surface area contributed by atoms with Crippen LogP contribution in [0.4, 0.5) is 5.69 Å². The summed E-state index contributed by atoms with van der Waals surface area (Å²) in [6.07, 6.45) is 1.56. The molecule has 0 aliphatic heterocycles. The van der Waals surface area contributed by atoms with Gasteiger partial charge in [-0.05, 0) is 38.3 Å². The molecule has 2 rings (SSSR count). The van der Waals surface area contributed by atoms with E-state index in [1.165, 1.54) is 0 Å². The number of nitrogens with two attached hydrogens (primary N) is 1. The maximum Gasteiger partial charge on any atom is 0.240 e. The quantitative estimate of drug-likeness (QED) is 0.848. The average Bonchev–Trinajstić information content (AvgIpc) is 3.13. The SMILES string of the molecule is CCN(C(=O)C1(C(N)=S)CC1)c1ccccc1C. The predicted octanol–water partition coefficient (Wildman–Crippen LogP) is 2.41. The number of hydrogen-bond acceptors (Lipinski definition) is 2. The van der Waals surface area contributed by atoms with Crippen LogP contribution in [0.15, 0.2) is 24.3 Å². The summed E-state index contributed by atoms with van der Waals surface area (Å²) in [4.78, 5) is 14.7. The number of amides is 1. The first kappa shape index (κ1) is 13.0. The Labute approximate surface area is 113 Å². The van der Waals surface area contributed by atoms with Crippen molar-refractivity contribution in [1.82, 2.24) is 0 Å². The number of nitrogens with zero attached hydrogens (tertiary/aromatic N) is 1. The molecule has 0 radical (unpaired) electrons. The van der Waals surface area contributed by atoms with E-state index in [9.17, 15) is 4.79 Å². The maximum atomic E-state index is 12.6. The van der Waals surface area contributed by atoms with Crippen molar-refractivity contribution >= 4 is 28.8 Å². The topological polar surface area (TPSA) is 46.3 Å². The van der Waals surface area contributed by atoms with Gasteiger partial charge >= 0.3 is 0 Å². The van der Waals surface area contributed by atoms with Crippen LogP contribution in [0.3, 0.4) is 0 Å². The number of carbonyl (C=O) groups is 1. The van der Waals surface area contributed by atoms with Crippen LogP contribution in [-0.4, -0.2) is 17.4 Å². The second-order valence-electron chi connectivity index (χ2n) is 4.78. The summed E-state index contributed by atoms with van der Waals surface area (Å²) in [7, 11) is 0. The fourth-order valence-electron chi connectivity index (χ4n) is 2.24. The van der Waals surface area contributed by atoms with Gasteiger partial charge in [0.25, 0.3) is 0 Å². The second kappa shape index (κ2) is 4.69. The summed E-state index contributed by atoms with van der Waals surface area (Å²) in [6, 6.07) is 7.88. The lowest BCUT2D eigenvalue weighted by Crippen LogP contribution is -2.43. The van der Waals surface area contributed by atoms with Crippen LogP contribution < -0.4 is 10.6 Å². The van der Waals surface area contributed by atoms with Crippen molar-refractivity contribution in [3.8, 4) is 0 Å². The third-order valence-electron chi connectivity index (χ3n) is 3.60. The lowest BCUT2D eigenvalue weighted by molar-refractivity contribution is -0.121. The van der Waals surface area contributed by atoms with Gasteiger partial charge in [-0.25, -0.2) is 0 Å². The van der Waals surface area contributed by atoms with Gasteiger partial charge in [-0.1, -0.05) is 30.4 Å². The fraction of sp³-hybridized carbons (Fsp3) is 0.429. The third kappa shape index (κ3) is 2.01. The van der Waals surface area contributed by atoms with E-state index in [1.807, 2.05) is 38.1 Å². The van der Waals surface area contributed by atoms with E-state index in [2.05, 4.69) is 0 Å². The zero-order valence-corrected chi connectivity index (χ0v) is 11.6. The van der Waals surface area contributed by atoms with Crippen LogP contribution in [0.5, 0.6) is 0 Å². The number of hydrogen-bond donors (Lipinski definition) is 1. The molecule has 0 unspecified atom stereocenters. The summed E-state index contributed by atoms with van der Waals surface area (Å²) >= 11 is 5.05. The largest absolute Gasteiger partial charge is 0.392 e. The van der Waals surface area contributed by atoms with Gasteiger partial charge in [0.15, 0.2) is 0 Å². The minimum atomic E-state index is -0.576. The van der Waals surface area contributed by atoms with E-state index < -0.39 is 5.41 Å². The lowest BCUT2D eigenvalue weighted by atomic mass is 10.0. The molecule has 96 valence electrons. The molecule has 0 bridgehead atoms. The molecular formula is C14H18N2OS. The van der Waals surface area contributed by atoms with Crippen molar-refractivity contribution in [2.45, 2.75) is 26.7 Å². The van der Waals surface area contributed by atoms with Crippen LogP contribution in [-0.2, 0) is 4.79 Å². The van der Waals surface area contributed by atoms with E-state index in [0.29, 0.717) is 11.5 Å². The van der Waals surface area contributed by atoms with Crippen LogP contribution in [0.1, 0.15) is 25.3 Å². The molecule has 1 aromatic rings. The molecule has 2 N–H and O–H groups in total. The molecule has 3 nitrogen and oxygen atoms in total. The Morgan fingerprint density at radius 2 is 2.06 bits per heavy atom. The van der Waals surface area contributed by atoms with Gasteiger partial charge in [-0.2, -0.15) is 0 Å². The molecule has 0 atom stereocenters.